The fourth-order valence-corrected chi connectivity index (χ4v) is 4.13. The fourth-order valence-electron chi connectivity index (χ4n) is 2.30. The molecule has 5 nitrogen and oxygen atoms in total. The van der Waals surface area contributed by atoms with E-state index in [4.69, 9.17) is 5.73 Å². The van der Waals surface area contributed by atoms with Crippen molar-refractivity contribution >= 4 is 15.7 Å². The molecule has 0 radical (unpaired) electrons. The maximum absolute atomic E-state index is 12.5. The zero-order valence-corrected chi connectivity index (χ0v) is 11.2. The monoisotopic (exact) mass is 270 g/mol. The number of nitrogen functional groups attached to an aromatic ring is 1. The molecular formula is C12H18N2O3S. The molecule has 1 saturated heterocycles. The number of β-amino-alcohol motifs (C(OH)–C–C–N with tert-alkyl or cyclic N) is 1. The number of aryl methyl sites for hydroxylation is 1. The third-order valence-electron chi connectivity index (χ3n) is 3.20. The number of nitrogens with two attached hydrogens (primary N) is 1. The minimum Gasteiger partial charge on any atom is -0.398 e. The third-order valence-corrected chi connectivity index (χ3v) is 5.28. The van der Waals surface area contributed by atoms with Gasteiger partial charge in [0.1, 0.15) is 4.90 Å². The number of aliphatic hydroxyl groups is 1. The molecule has 1 aliphatic rings. The zero-order valence-electron chi connectivity index (χ0n) is 10.3. The summed E-state index contributed by atoms with van der Waals surface area (Å²) in [4.78, 5) is 0.166. The molecule has 1 fully saturated rings. The molecule has 0 amide bonds. The van der Waals surface area contributed by atoms with Crippen LogP contribution >= 0.6 is 0 Å². The highest BCUT2D eigenvalue weighted by Crippen LogP contribution is 2.27. The van der Waals surface area contributed by atoms with Gasteiger partial charge in [0, 0.05) is 13.1 Å². The molecule has 6 heteroatoms. The lowest BCUT2D eigenvalue weighted by molar-refractivity contribution is 0.108. The Bertz CT molecular complexity index is 522. The van der Waals surface area contributed by atoms with Crippen molar-refractivity contribution in [2.75, 3.05) is 18.8 Å². The highest BCUT2D eigenvalue weighted by Gasteiger charge is 2.31. The summed E-state index contributed by atoms with van der Waals surface area (Å²) in [6, 6.07) is 5.04. The molecule has 1 aromatic rings. The predicted octanol–water partition coefficient (Wildman–Crippen LogP) is 0.723. The van der Waals surface area contributed by atoms with Crippen molar-refractivity contribution in [2.45, 2.75) is 30.8 Å². The fraction of sp³-hybridized carbons (Fsp3) is 0.500. The quantitative estimate of drug-likeness (QED) is 0.776. The first-order valence-electron chi connectivity index (χ1n) is 5.96. The standard InChI is InChI=1S/C12H18N2O3S/c1-9-4-2-6-11(13)12(9)18(16,17)14-7-3-5-10(15)8-14/h2,4,6,10,15H,3,5,7-8,13H2,1H3/t10-/m0/s1. The van der Waals surface area contributed by atoms with E-state index in [1.807, 2.05) is 0 Å². The topological polar surface area (TPSA) is 83.6 Å². The predicted molar refractivity (Wildman–Crippen MR) is 69.6 cm³/mol. The Morgan fingerprint density at radius 2 is 2.17 bits per heavy atom. The van der Waals surface area contributed by atoms with E-state index in [9.17, 15) is 13.5 Å². The Morgan fingerprint density at radius 1 is 1.44 bits per heavy atom. The van der Waals surface area contributed by atoms with Crippen LogP contribution in [0.25, 0.3) is 0 Å². The molecule has 1 aliphatic heterocycles. The summed E-state index contributed by atoms with van der Waals surface area (Å²) in [5, 5.41) is 9.59. The van der Waals surface area contributed by atoms with E-state index in [2.05, 4.69) is 0 Å². The number of hydrogen-bond acceptors (Lipinski definition) is 4. The number of aliphatic hydroxyl groups excluding tert-OH is 1. The van der Waals surface area contributed by atoms with E-state index in [0.29, 0.717) is 24.9 Å². The number of nitrogens with zero attached hydrogens (tertiary/aromatic N) is 1. The number of benzene rings is 1. The van der Waals surface area contributed by atoms with E-state index < -0.39 is 16.1 Å². The van der Waals surface area contributed by atoms with E-state index >= 15 is 0 Å². The number of anilines is 1. The number of hydrogen-bond donors (Lipinski definition) is 2. The SMILES string of the molecule is Cc1cccc(N)c1S(=O)(=O)N1CCC[C@H](O)C1. The Kier molecular flexibility index (Phi) is 3.61. The number of rotatable bonds is 2. The summed E-state index contributed by atoms with van der Waals surface area (Å²) in [5.41, 5.74) is 6.67. The van der Waals surface area contributed by atoms with Gasteiger partial charge >= 0.3 is 0 Å². The van der Waals surface area contributed by atoms with Crippen molar-refractivity contribution in [3.63, 3.8) is 0 Å². The van der Waals surface area contributed by atoms with Gasteiger partial charge in [-0.1, -0.05) is 12.1 Å². The summed E-state index contributed by atoms with van der Waals surface area (Å²) in [6.45, 7) is 2.31. The maximum Gasteiger partial charge on any atom is 0.245 e. The molecule has 3 N–H and O–H groups in total. The molecule has 1 heterocycles. The van der Waals surface area contributed by atoms with Crippen LogP contribution in [0.4, 0.5) is 5.69 Å². The average molecular weight is 270 g/mol. The summed E-state index contributed by atoms with van der Waals surface area (Å²) >= 11 is 0. The molecule has 1 aromatic carbocycles. The second-order valence-electron chi connectivity index (χ2n) is 4.65. The molecule has 0 unspecified atom stereocenters. The van der Waals surface area contributed by atoms with E-state index in [0.717, 1.165) is 0 Å². The largest absolute Gasteiger partial charge is 0.398 e. The first kappa shape index (κ1) is 13.3. The second-order valence-corrected chi connectivity index (χ2v) is 6.53. The Morgan fingerprint density at radius 3 is 2.78 bits per heavy atom. The van der Waals surface area contributed by atoms with Crippen molar-refractivity contribution in [1.29, 1.82) is 0 Å². The Labute approximate surface area is 107 Å². The van der Waals surface area contributed by atoms with Gasteiger partial charge in [-0.2, -0.15) is 4.31 Å². The minimum absolute atomic E-state index is 0.149. The van der Waals surface area contributed by atoms with Crippen LogP contribution in [0.5, 0.6) is 0 Å². The van der Waals surface area contributed by atoms with Crippen molar-refractivity contribution < 1.29 is 13.5 Å². The van der Waals surface area contributed by atoms with Gasteiger partial charge in [0.05, 0.1) is 11.8 Å². The molecule has 0 aliphatic carbocycles. The van der Waals surface area contributed by atoms with Crippen LogP contribution in [-0.4, -0.2) is 37.0 Å². The summed E-state index contributed by atoms with van der Waals surface area (Å²) in [5.74, 6) is 0. The first-order chi connectivity index (χ1) is 8.43. The molecule has 0 bridgehead atoms. The van der Waals surface area contributed by atoms with Gasteiger partial charge in [-0.05, 0) is 31.4 Å². The smallest absolute Gasteiger partial charge is 0.245 e. The van der Waals surface area contributed by atoms with Crippen LogP contribution in [0.3, 0.4) is 0 Å². The molecule has 0 saturated carbocycles. The normalized spacial score (nSPS) is 22.0. The highest BCUT2D eigenvalue weighted by atomic mass is 32.2. The van der Waals surface area contributed by atoms with Gasteiger partial charge in [-0.15, -0.1) is 0 Å². The van der Waals surface area contributed by atoms with E-state index in [1.54, 1.807) is 25.1 Å². The third kappa shape index (κ3) is 2.36. The van der Waals surface area contributed by atoms with Crippen LogP contribution in [0.1, 0.15) is 18.4 Å². The lowest BCUT2D eigenvalue weighted by Gasteiger charge is -2.30. The molecule has 0 spiro atoms. The van der Waals surface area contributed by atoms with Crippen LogP contribution in [-0.2, 0) is 10.0 Å². The number of piperidine rings is 1. The molecule has 2 rings (SSSR count). The van der Waals surface area contributed by atoms with Crippen LogP contribution < -0.4 is 5.73 Å². The summed E-state index contributed by atoms with van der Waals surface area (Å²) in [6.07, 6.45) is 0.736. The van der Waals surface area contributed by atoms with Crippen molar-refractivity contribution in [1.82, 2.24) is 4.31 Å². The zero-order chi connectivity index (χ0) is 13.3. The first-order valence-corrected chi connectivity index (χ1v) is 7.40. The van der Waals surface area contributed by atoms with Gasteiger partial charge in [0.25, 0.3) is 0 Å². The molecule has 18 heavy (non-hydrogen) atoms. The van der Waals surface area contributed by atoms with Crippen LogP contribution in [0.2, 0.25) is 0 Å². The Balaban J connectivity index is 2.42. The van der Waals surface area contributed by atoms with Gasteiger partial charge in [-0.25, -0.2) is 8.42 Å². The van der Waals surface area contributed by atoms with Gasteiger partial charge < -0.3 is 10.8 Å². The minimum atomic E-state index is -3.61. The maximum atomic E-state index is 12.5. The summed E-state index contributed by atoms with van der Waals surface area (Å²) < 4.78 is 26.3. The summed E-state index contributed by atoms with van der Waals surface area (Å²) in [7, 11) is -3.61. The molecular weight excluding hydrogens is 252 g/mol. The van der Waals surface area contributed by atoms with Gasteiger partial charge in [0.15, 0.2) is 0 Å². The lowest BCUT2D eigenvalue weighted by Crippen LogP contribution is -2.42. The lowest BCUT2D eigenvalue weighted by atomic mass is 10.1. The van der Waals surface area contributed by atoms with Crippen molar-refractivity contribution in [2.24, 2.45) is 0 Å². The van der Waals surface area contributed by atoms with E-state index in [-0.39, 0.29) is 17.1 Å². The van der Waals surface area contributed by atoms with Crippen LogP contribution in [0.15, 0.2) is 23.1 Å². The van der Waals surface area contributed by atoms with Gasteiger partial charge in [0.2, 0.25) is 10.0 Å². The average Bonchev–Trinajstić information content (AvgIpc) is 2.28. The molecule has 0 aromatic heterocycles. The molecule has 100 valence electrons. The van der Waals surface area contributed by atoms with E-state index in [1.165, 1.54) is 4.31 Å². The van der Waals surface area contributed by atoms with Crippen molar-refractivity contribution in [3.05, 3.63) is 23.8 Å². The molecule has 1 atom stereocenters. The van der Waals surface area contributed by atoms with Crippen molar-refractivity contribution in [3.8, 4) is 0 Å². The number of sulfonamides is 1. The van der Waals surface area contributed by atoms with Crippen LogP contribution in [0, 0.1) is 6.92 Å². The highest BCUT2D eigenvalue weighted by molar-refractivity contribution is 7.89. The Hall–Kier alpha value is -1.11. The second kappa shape index (κ2) is 4.87. The van der Waals surface area contributed by atoms with Gasteiger partial charge in [-0.3, -0.25) is 0 Å².